The highest BCUT2D eigenvalue weighted by molar-refractivity contribution is 5.96. The molecule has 4 aromatic heterocycles. The van der Waals surface area contributed by atoms with Crippen LogP contribution in [0.1, 0.15) is 53.8 Å². The number of hydrogen-bond donors (Lipinski definition) is 2. The summed E-state index contributed by atoms with van der Waals surface area (Å²) >= 11 is 0. The zero-order chi connectivity index (χ0) is 24.8. The van der Waals surface area contributed by atoms with Crippen molar-refractivity contribution in [2.75, 3.05) is 23.3 Å². The van der Waals surface area contributed by atoms with Gasteiger partial charge in [0.05, 0.1) is 29.5 Å². The van der Waals surface area contributed by atoms with E-state index in [-0.39, 0.29) is 23.1 Å². The quantitative estimate of drug-likeness (QED) is 0.425. The fourth-order valence-corrected chi connectivity index (χ4v) is 4.87. The lowest BCUT2D eigenvalue weighted by Gasteiger charge is -2.34. The van der Waals surface area contributed by atoms with Crippen LogP contribution < -0.4 is 21.5 Å². The summed E-state index contributed by atoms with van der Waals surface area (Å²) in [5.74, 6) is 0.762. The first-order chi connectivity index (χ1) is 17.5. The predicted octanol–water partition coefficient (Wildman–Crippen LogP) is 2.48. The second kappa shape index (κ2) is 8.74. The second-order valence-electron chi connectivity index (χ2n) is 9.56. The van der Waals surface area contributed by atoms with Crippen LogP contribution in [0.25, 0.3) is 10.8 Å². The van der Waals surface area contributed by atoms with E-state index in [1.807, 2.05) is 16.8 Å². The number of fused-ring (bicyclic) bond motifs is 1. The lowest BCUT2D eigenvalue weighted by atomic mass is 10.0. The van der Waals surface area contributed by atoms with Crippen LogP contribution in [0.4, 0.5) is 17.3 Å². The molecule has 11 nitrogen and oxygen atoms in total. The Balaban J connectivity index is 1.28. The molecule has 1 saturated carbocycles. The fraction of sp³-hybridized carbons (Fsp3) is 0.360. The van der Waals surface area contributed by atoms with Gasteiger partial charge >= 0.3 is 0 Å². The van der Waals surface area contributed by atoms with Gasteiger partial charge < -0.3 is 20.5 Å². The van der Waals surface area contributed by atoms with E-state index >= 15 is 0 Å². The Hall–Kier alpha value is -4.28. The standard InChI is InChI=1S/C25H27N9O2/c1-32-13-17(10-29-32)30-24-22(23(26)35)28-12-21(31-24)33-7-2-3-18(14-33)34-8-6-16-9-20(15-4-5-15)27-11-19(16)25(34)36/h6,8-13,15,18H,2-5,7,14H2,1H3,(H2,26,35)(H,30,31)/t18-/m1/s1. The van der Waals surface area contributed by atoms with E-state index in [0.717, 1.165) is 30.5 Å². The smallest absolute Gasteiger partial charge is 0.271 e. The fourth-order valence-electron chi connectivity index (χ4n) is 4.87. The number of anilines is 3. The largest absolute Gasteiger partial charge is 0.364 e. The third-order valence-corrected chi connectivity index (χ3v) is 6.91. The first-order valence-electron chi connectivity index (χ1n) is 12.1. The summed E-state index contributed by atoms with van der Waals surface area (Å²) in [6, 6.07) is 4.05. The van der Waals surface area contributed by atoms with E-state index in [1.165, 1.54) is 12.8 Å². The monoisotopic (exact) mass is 485 g/mol. The van der Waals surface area contributed by atoms with Crippen molar-refractivity contribution in [2.45, 2.75) is 37.6 Å². The third-order valence-electron chi connectivity index (χ3n) is 6.91. The van der Waals surface area contributed by atoms with Crippen molar-refractivity contribution in [1.82, 2.24) is 29.3 Å². The number of nitrogens with two attached hydrogens (primary N) is 1. The molecule has 1 amide bonds. The summed E-state index contributed by atoms with van der Waals surface area (Å²) in [6.07, 6.45) is 12.7. The predicted molar refractivity (Wildman–Crippen MR) is 136 cm³/mol. The van der Waals surface area contributed by atoms with Crippen molar-refractivity contribution in [2.24, 2.45) is 12.8 Å². The highest BCUT2D eigenvalue weighted by Crippen LogP contribution is 2.39. The maximum Gasteiger partial charge on any atom is 0.271 e. The first-order valence-corrected chi connectivity index (χ1v) is 12.1. The zero-order valence-corrected chi connectivity index (χ0v) is 20.0. The first kappa shape index (κ1) is 22.2. The molecule has 0 unspecified atom stereocenters. The Morgan fingerprint density at radius 2 is 2.03 bits per heavy atom. The van der Waals surface area contributed by atoms with Gasteiger partial charge in [0.1, 0.15) is 5.82 Å². The van der Waals surface area contributed by atoms with Gasteiger partial charge in [0.2, 0.25) is 0 Å². The van der Waals surface area contributed by atoms with Crippen LogP contribution >= 0.6 is 0 Å². The van der Waals surface area contributed by atoms with E-state index in [9.17, 15) is 9.59 Å². The van der Waals surface area contributed by atoms with Crippen molar-refractivity contribution >= 4 is 34.0 Å². The molecule has 11 heteroatoms. The number of nitrogens with one attached hydrogen (secondary N) is 1. The molecular formula is C25H27N9O2. The van der Waals surface area contributed by atoms with Gasteiger partial charge in [-0.05, 0) is 43.2 Å². The number of aromatic nitrogens is 6. The van der Waals surface area contributed by atoms with Crippen LogP contribution in [0.3, 0.4) is 0 Å². The highest BCUT2D eigenvalue weighted by Gasteiger charge is 2.27. The number of primary amides is 1. The number of piperidine rings is 1. The summed E-state index contributed by atoms with van der Waals surface area (Å²) in [4.78, 5) is 40.9. The van der Waals surface area contributed by atoms with Gasteiger partial charge in [0.25, 0.3) is 11.5 Å². The highest BCUT2D eigenvalue weighted by atomic mass is 16.1. The van der Waals surface area contributed by atoms with Crippen molar-refractivity contribution in [3.05, 3.63) is 64.9 Å². The lowest BCUT2D eigenvalue weighted by Crippen LogP contribution is -2.40. The molecular weight excluding hydrogens is 458 g/mol. The van der Waals surface area contributed by atoms with Gasteiger partial charge in [-0.3, -0.25) is 19.3 Å². The molecule has 1 atom stereocenters. The topological polar surface area (TPSA) is 137 Å². The minimum absolute atomic E-state index is 0.0221. The Morgan fingerprint density at radius 3 is 2.78 bits per heavy atom. The zero-order valence-electron chi connectivity index (χ0n) is 20.0. The third kappa shape index (κ3) is 4.16. The van der Waals surface area contributed by atoms with Crippen LogP contribution in [0, 0.1) is 0 Å². The molecule has 0 bridgehead atoms. The molecule has 1 aliphatic heterocycles. The summed E-state index contributed by atoms with van der Waals surface area (Å²) in [7, 11) is 1.80. The number of rotatable bonds is 6. The lowest BCUT2D eigenvalue weighted by molar-refractivity contribution is 0.0996. The molecule has 4 aromatic rings. The average molecular weight is 486 g/mol. The molecule has 0 radical (unpaired) electrons. The van der Waals surface area contributed by atoms with Gasteiger partial charge in [-0.1, -0.05) is 0 Å². The Kier molecular flexibility index (Phi) is 5.39. The molecule has 1 aliphatic carbocycles. The number of hydrogen-bond acceptors (Lipinski definition) is 8. The van der Waals surface area contributed by atoms with E-state index in [4.69, 9.17) is 5.73 Å². The molecule has 184 valence electrons. The van der Waals surface area contributed by atoms with Gasteiger partial charge in [0, 0.05) is 50.3 Å². The number of carbonyl (C=O) groups is 1. The van der Waals surface area contributed by atoms with Gasteiger partial charge in [-0.15, -0.1) is 0 Å². The number of pyridine rings is 2. The normalized spacial score (nSPS) is 17.9. The maximum absolute atomic E-state index is 13.4. The minimum atomic E-state index is -0.668. The number of aryl methyl sites for hydroxylation is 1. The number of amides is 1. The van der Waals surface area contributed by atoms with Crippen molar-refractivity contribution in [1.29, 1.82) is 0 Å². The van der Waals surface area contributed by atoms with Crippen LogP contribution in [0.2, 0.25) is 0 Å². The van der Waals surface area contributed by atoms with E-state index in [2.05, 4.69) is 36.3 Å². The molecule has 6 rings (SSSR count). The molecule has 36 heavy (non-hydrogen) atoms. The SMILES string of the molecule is Cn1cc(Nc2nc(N3CCC[C@@H](n4ccc5cc(C6CC6)ncc5c4=O)C3)cnc2C(N)=O)cn1. The summed E-state index contributed by atoms with van der Waals surface area (Å²) in [5, 5.41) is 8.82. The van der Waals surface area contributed by atoms with E-state index in [0.29, 0.717) is 29.4 Å². The molecule has 3 N–H and O–H groups in total. The Labute approximate surface area is 207 Å². The van der Waals surface area contributed by atoms with Crippen LogP contribution in [0.15, 0.2) is 47.9 Å². The average Bonchev–Trinajstić information content (AvgIpc) is 3.66. The van der Waals surface area contributed by atoms with Gasteiger partial charge in [-0.2, -0.15) is 5.10 Å². The van der Waals surface area contributed by atoms with Crippen molar-refractivity contribution in [3.63, 3.8) is 0 Å². The maximum atomic E-state index is 13.4. The van der Waals surface area contributed by atoms with E-state index in [1.54, 1.807) is 36.5 Å². The van der Waals surface area contributed by atoms with E-state index < -0.39 is 5.91 Å². The number of nitrogens with zero attached hydrogens (tertiary/aromatic N) is 7. The molecule has 1 saturated heterocycles. The minimum Gasteiger partial charge on any atom is -0.364 e. The van der Waals surface area contributed by atoms with Crippen molar-refractivity contribution in [3.8, 4) is 0 Å². The molecule has 0 spiro atoms. The molecule has 0 aromatic carbocycles. The Bertz CT molecular complexity index is 1520. The second-order valence-corrected chi connectivity index (χ2v) is 9.56. The molecule has 5 heterocycles. The van der Waals surface area contributed by atoms with Gasteiger partial charge in [0.15, 0.2) is 11.5 Å². The molecule has 2 aliphatic rings. The van der Waals surface area contributed by atoms with Crippen LogP contribution in [0.5, 0.6) is 0 Å². The van der Waals surface area contributed by atoms with Crippen LogP contribution in [-0.4, -0.2) is 48.3 Å². The van der Waals surface area contributed by atoms with Crippen molar-refractivity contribution < 1.29 is 4.79 Å². The summed E-state index contributed by atoms with van der Waals surface area (Å²) in [6.45, 7) is 1.36. The Morgan fingerprint density at radius 1 is 1.17 bits per heavy atom. The molecule has 2 fully saturated rings. The summed E-state index contributed by atoms with van der Waals surface area (Å²) in [5.41, 5.74) is 7.31. The summed E-state index contributed by atoms with van der Waals surface area (Å²) < 4.78 is 3.45. The number of carbonyl (C=O) groups excluding carboxylic acids is 1. The van der Waals surface area contributed by atoms with Crippen LogP contribution in [-0.2, 0) is 7.05 Å². The van der Waals surface area contributed by atoms with Gasteiger partial charge in [-0.25, -0.2) is 9.97 Å².